The first kappa shape index (κ1) is 31.1. The monoisotopic (exact) mass is 524 g/mol. The predicted molar refractivity (Wildman–Crippen MR) is 162 cm³/mol. The van der Waals surface area contributed by atoms with E-state index in [0.717, 1.165) is 61.2 Å². The van der Waals surface area contributed by atoms with Crippen molar-refractivity contribution < 1.29 is 14.0 Å². The van der Waals surface area contributed by atoms with Gasteiger partial charge in [0.2, 0.25) is 8.32 Å². The van der Waals surface area contributed by atoms with E-state index >= 15 is 0 Å². The predicted octanol–water partition coefficient (Wildman–Crippen LogP) is 10.2. The lowest BCUT2D eigenvalue weighted by molar-refractivity contribution is 0.0837. The standard InChI is InChI=1S/C33H52O3Si/c1-23(2)15-12-16-24(3)17-13-18-25(4)19-14-20-28-21-30(34)29-22-31(26(5)27(6)32(29)35-28)36-37(10,11)33(7,8)9/h15,17,19,22,28H,12-14,16,18,20-21H2,1-11H3/b24-17+,25-19+. The largest absolute Gasteiger partial charge is 0.543 e. The van der Waals surface area contributed by atoms with Crippen molar-refractivity contribution in [2.75, 3.05) is 0 Å². The molecule has 0 aliphatic carbocycles. The number of carbonyl (C=O) groups excluding carboxylic acids is 1. The first-order valence-electron chi connectivity index (χ1n) is 14.1. The maximum absolute atomic E-state index is 13.1. The Kier molecular flexibility index (Phi) is 11.1. The van der Waals surface area contributed by atoms with Gasteiger partial charge in [0, 0.05) is 6.42 Å². The minimum Gasteiger partial charge on any atom is -0.543 e. The second kappa shape index (κ2) is 13.1. The van der Waals surface area contributed by atoms with Crippen molar-refractivity contribution in [3.05, 3.63) is 57.7 Å². The van der Waals surface area contributed by atoms with Gasteiger partial charge in [-0.3, -0.25) is 4.79 Å². The highest BCUT2D eigenvalue weighted by atomic mass is 28.4. The van der Waals surface area contributed by atoms with Gasteiger partial charge in [0.05, 0.1) is 5.56 Å². The Morgan fingerprint density at radius 3 is 2.11 bits per heavy atom. The zero-order valence-corrected chi connectivity index (χ0v) is 26.6. The van der Waals surface area contributed by atoms with E-state index in [-0.39, 0.29) is 16.9 Å². The molecule has 0 aromatic heterocycles. The van der Waals surface area contributed by atoms with Gasteiger partial charge in [0.1, 0.15) is 17.6 Å². The third kappa shape index (κ3) is 9.02. The van der Waals surface area contributed by atoms with E-state index in [4.69, 9.17) is 9.16 Å². The number of allylic oxidation sites excluding steroid dienone is 6. The van der Waals surface area contributed by atoms with Gasteiger partial charge in [-0.05, 0) is 115 Å². The Labute approximate surface area is 228 Å². The molecule has 4 heteroatoms. The van der Waals surface area contributed by atoms with Crippen LogP contribution in [0, 0.1) is 13.8 Å². The van der Waals surface area contributed by atoms with Crippen molar-refractivity contribution in [2.24, 2.45) is 0 Å². The molecular weight excluding hydrogens is 472 g/mol. The summed E-state index contributed by atoms with van der Waals surface area (Å²) >= 11 is 0. The molecular formula is C33H52O3Si. The summed E-state index contributed by atoms with van der Waals surface area (Å²) in [4.78, 5) is 13.1. The van der Waals surface area contributed by atoms with E-state index in [1.807, 2.05) is 6.07 Å². The van der Waals surface area contributed by atoms with Crippen LogP contribution in [0.3, 0.4) is 0 Å². The summed E-state index contributed by atoms with van der Waals surface area (Å²) < 4.78 is 13.0. The molecule has 2 rings (SSSR count). The molecule has 1 aromatic carbocycles. The zero-order valence-electron chi connectivity index (χ0n) is 25.6. The molecule has 1 aromatic rings. The molecule has 0 spiro atoms. The van der Waals surface area contributed by atoms with Crippen molar-refractivity contribution in [1.82, 2.24) is 0 Å². The van der Waals surface area contributed by atoms with Gasteiger partial charge in [-0.25, -0.2) is 0 Å². The van der Waals surface area contributed by atoms with Gasteiger partial charge in [-0.15, -0.1) is 0 Å². The van der Waals surface area contributed by atoms with Crippen LogP contribution in [0.25, 0.3) is 0 Å². The number of ether oxygens (including phenoxy) is 1. The summed E-state index contributed by atoms with van der Waals surface area (Å²) in [6, 6.07) is 1.94. The van der Waals surface area contributed by atoms with Crippen molar-refractivity contribution in [1.29, 1.82) is 0 Å². The Bertz CT molecular complexity index is 1050. The second-order valence-electron chi connectivity index (χ2n) is 12.8. The molecule has 1 aliphatic heterocycles. The molecule has 1 aliphatic rings. The third-order valence-electron chi connectivity index (χ3n) is 8.07. The fourth-order valence-electron chi connectivity index (χ4n) is 4.30. The minimum absolute atomic E-state index is 0.0634. The maximum atomic E-state index is 13.1. The quantitative estimate of drug-likeness (QED) is 0.213. The van der Waals surface area contributed by atoms with Crippen LogP contribution in [-0.4, -0.2) is 20.2 Å². The lowest BCUT2D eigenvalue weighted by Gasteiger charge is -2.37. The zero-order chi connectivity index (χ0) is 28.0. The number of hydrogen-bond acceptors (Lipinski definition) is 3. The SMILES string of the molecule is CC(C)=CCC/C(C)=C/CC/C(C)=C/CCC1CC(=O)c2cc(O[Si](C)(C)C(C)(C)C)c(C)c(C)c2O1. The minimum atomic E-state index is -2.00. The van der Waals surface area contributed by atoms with Crippen LogP contribution >= 0.6 is 0 Å². The van der Waals surface area contributed by atoms with Crippen LogP contribution in [-0.2, 0) is 0 Å². The molecule has 37 heavy (non-hydrogen) atoms. The number of fused-ring (bicyclic) bond motifs is 1. The van der Waals surface area contributed by atoms with Crippen molar-refractivity contribution in [2.45, 2.75) is 131 Å². The van der Waals surface area contributed by atoms with Gasteiger partial charge >= 0.3 is 0 Å². The average molecular weight is 525 g/mol. The summed E-state index contributed by atoms with van der Waals surface area (Å²) in [6.45, 7) is 24.1. The second-order valence-corrected chi connectivity index (χ2v) is 17.5. The van der Waals surface area contributed by atoms with Crippen LogP contribution < -0.4 is 9.16 Å². The molecule has 1 unspecified atom stereocenters. The fourth-order valence-corrected chi connectivity index (χ4v) is 5.36. The first-order chi connectivity index (χ1) is 17.1. The highest BCUT2D eigenvalue weighted by molar-refractivity contribution is 6.74. The summed E-state index contributed by atoms with van der Waals surface area (Å²) in [5, 5.41) is 0.0983. The molecule has 206 valence electrons. The Morgan fingerprint density at radius 1 is 0.973 bits per heavy atom. The van der Waals surface area contributed by atoms with E-state index in [1.54, 1.807) is 0 Å². The van der Waals surface area contributed by atoms with Crippen LogP contribution in [0.2, 0.25) is 18.1 Å². The number of hydrogen-bond donors (Lipinski definition) is 0. The maximum Gasteiger partial charge on any atom is 0.250 e. The molecule has 0 saturated carbocycles. The van der Waals surface area contributed by atoms with Gasteiger partial charge in [-0.2, -0.15) is 0 Å². The van der Waals surface area contributed by atoms with E-state index < -0.39 is 8.32 Å². The highest BCUT2D eigenvalue weighted by Gasteiger charge is 2.40. The lowest BCUT2D eigenvalue weighted by Crippen LogP contribution is -2.44. The van der Waals surface area contributed by atoms with E-state index in [0.29, 0.717) is 12.0 Å². The van der Waals surface area contributed by atoms with E-state index in [2.05, 4.69) is 93.6 Å². The van der Waals surface area contributed by atoms with Gasteiger partial charge in [-0.1, -0.05) is 55.7 Å². The van der Waals surface area contributed by atoms with E-state index in [1.165, 1.54) is 16.7 Å². The number of benzene rings is 1. The van der Waals surface area contributed by atoms with Crippen molar-refractivity contribution >= 4 is 14.1 Å². The Hall–Kier alpha value is -2.07. The topological polar surface area (TPSA) is 35.5 Å². The molecule has 1 atom stereocenters. The normalized spacial score (nSPS) is 16.8. The average Bonchev–Trinajstić information content (AvgIpc) is 2.77. The third-order valence-corrected chi connectivity index (χ3v) is 12.4. The number of ketones is 1. The molecule has 0 radical (unpaired) electrons. The van der Waals surface area contributed by atoms with Crippen LogP contribution in [0.1, 0.15) is 115 Å². The van der Waals surface area contributed by atoms with Crippen molar-refractivity contribution in [3.63, 3.8) is 0 Å². The molecule has 3 nitrogen and oxygen atoms in total. The first-order valence-corrected chi connectivity index (χ1v) is 17.0. The summed E-state index contributed by atoms with van der Waals surface area (Å²) in [5.41, 5.74) is 7.08. The van der Waals surface area contributed by atoms with Crippen LogP contribution in [0.15, 0.2) is 41.0 Å². The Morgan fingerprint density at radius 2 is 1.54 bits per heavy atom. The highest BCUT2D eigenvalue weighted by Crippen LogP contribution is 2.42. The van der Waals surface area contributed by atoms with Crippen LogP contribution in [0.5, 0.6) is 11.5 Å². The fraction of sp³-hybridized carbons (Fsp3) is 0.606. The molecule has 0 bridgehead atoms. The summed E-state index contributed by atoms with van der Waals surface area (Å²) in [5.74, 6) is 1.78. The van der Waals surface area contributed by atoms with Gasteiger partial charge < -0.3 is 9.16 Å². The van der Waals surface area contributed by atoms with Gasteiger partial charge in [0.15, 0.2) is 5.78 Å². The van der Waals surface area contributed by atoms with Crippen molar-refractivity contribution in [3.8, 4) is 11.5 Å². The van der Waals surface area contributed by atoms with Gasteiger partial charge in [0.25, 0.3) is 0 Å². The molecule has 0 amide bonds. The van der Waals surface area contributed by atoms with Crippen LogP contribution in [0.4, 0.5) is 0 Å². The number of carbonyl (C=O) groups is 1. The number of Topliss-reactive ketones (excluding diaryl/α,β-unsaturated/α-hetero) is 1. The summed E-state index contributed by atoms with van der Waals surface area (Å²) in [6.07, 6.45) is 13.6. The number of rotatable bonds is 11. The summed E-state index contributed by atoms with van der Waals surface area (Å²) in [7, 11) is -2.00. The molecule has 0 N–H and O–H groups in total. The molecule has 0 saturated heterocycles. The Balaban J connectivity index is 1.97. The molecule has 0 fully saturated rings. The smallest absolute Gasteiger partial charge is 0.250 e. The molecule has 1 heterocycles. The lowest BCUT2D eigenvalue weighted by atomic mass is 9.93. The van der Waals surface area contributed by atoms with E-state index in [9.17, 15) is 4.79 Å².